The molecule has 9 heteroatoms. The van der Waals surface area contributed by atoms with Gasteiger partial charge in [-0.1, -0.05) is 30.3 Å². The van der Waals surface area contributed by atoms with Crippen molar-refractivity contribution in [2.24, 2.45) is 0 Å². The molecule has 0 atom stereocenters. The molecule has 0 aliphatic heterocycles. The maximum absolute atomic E-state index is 13.4. The molecular formula is C27H17BrO8. The zero-order valence-electron chi connectivity index (χ0n) is 19.0. The standard InChI is InChI=1S/C27H17BrO8/c1-32-21-13-15(12-18(28)24(21)33-2)23-25(22(29)16-8-4-6-10-20(16)34-23)36-27(31)17-11-14-7-3-5-9-19(14)35-26(17)30/h3-13H,1-2H3. The third-order valence-electron chi connectivity index (χ3n) is 5.51. The Kier molecular flexibility index (Phi) is 6.07. The highest BCUT2D eigenvalue weighted by molar-refractivity contribution is 9.10. The van der Waals surface area contributed by atoms with Crippen molar-refractivity contribution in [1.82, 2.24) is 0 Å². The van der Waals surface area contributed by atoms with E-state index in [2.05, 4.69) is 15.9 Å². The molecule has 36 heavy (non-hydrogen) atoms. The van der Waals surface area contributed by atoms with E-state index in [4.69, 9.17) is 23.0 Å². The number of carbonyl (C=O) groups excluding carboxylic acids is 1. The van der Waals surface area contributed by atoms with Crippen LogP contribution in [0.5, 0.6) is 17.2 Å². The van der Waals surface area contributed by atoms with Crippen LogP contribution >= 0.6 is 15.9 Å². The molecule has 0 saturated carbocycles. The Hall–Kier alpha value is -4.37. The topological polar surface area (TPSA) is 105 Å². The number of carbonyl (C=O) groups is 1. The predicted molar refractivity (Wildman–Crippen MR) is 136 cm³/mol. The number of methoxy groups -OCH3 is 2. The van der Waals surface area contributed by atoms with Crippen molar-refractivity contribution < 1.29 is 27.8 Å². The Bertz CT molecular complexity index is 1770. The van der Waals surface area contributed by atoms with E-state index in [0.717, 1.165) is 0 Å². The van der Waals surface area contributed by atoms with Crippen molar-refractivity contribution >= 4 is 43.8 Å². The number of para-hydroxylation sites is 2. The van der Waals surface area contributed by atoms with Crippen molar-refractivity contribution in [2.45, 2.75) is 0 Å². The smallest absolute Gasteiger partial charge is 0.351 e. The molecule has 0 amide bonds. The summed E-state index contributed by atoms with van der Waals surface area (Å²) < 4.78 is 28.1. The SMILES string of the molecule is COc1cc(-c2oc3ccccc3c(=O)c2OC(=O)c2cc3ccccc3oc2=O)cc(Br)c1OC. The van der Waals surface area contributed by atoms with Gasteiger partial charge in [0.15, 0.2) is 17.3 Å². The molecule has 0 aliphatic rings. The molecule has 5 aromatic rings. The third kappa shape index (κ3) is 4.03. The van der Waals surface area contributed by atoms with Gasteiger partial charge in [-0.2, -0.15) is 0 Å². The fraction of sp³-hybridized carbons (Fsp3) is 0.0741. The summed E-state index contributed by atoms with van der Waals surface area (Å²) >= 11 is 3.42. The van der Waals surface area contributed by atoms with E-state index in [-0.39, 0.29) is 28.0 Å². The molecule has 5 rings (SSSR count). The molecule has 0 saturated heterocycles. The number of halogens is 1. The summed E-state index contributed by atoms with van der Waals surface area (Å²) in [6.45, 7) is 0. The molecule has 2 heterocycles. The number of benzene rings is 3. The molecule has 0 unspecified atom stereocenters. The molecule has 3 aromatic carbocycles. The number of ether oxygens (including phenoxy) is 3. The monoisotopic (exact) mass is 548 g/mol. The molecule has 0 spiro atoms. The Balaban J connectivity index is 1.70. The molecule has 0 radical (unpaired) electrons. The lowest BCUT2D eigenvalue weighted by Gasteiger charge is -2.14. The van der Waals surface area contributed by atoms with Crippen LogP contribution in [0.4, 0.5) is 0 Å². The van der Waals surface area contributed by atoms with Gasteiger partial charge < -0.3 is 23.0 Å². The summed E-state index contributed by atoms with van der Waals surface area (Å²) in [6, 6.07) is 17.9. The van der Waals surface area contributed by atoms with E-state index in [1.54, 1.807) is 60.7 Å². The van der Waals surface area contributed by atoms with Gasteiger partial charge in [-0.05, 0) is 52.3 Å². The lowest BCUT2D eigenvalue weighted by molar-refractivity contribution is 0.0727. The van der Waals surface area contributed by atoms with Gasteiger partial charge in [-0.25, -0.2) is 9.59 Å². The third-order valence-corrected chi connectivity index (χ3v) is 6.10. The molecule has 0 aliphatic carbocycles. The summed E-state index contributed by atoms with van der Waals surface area (Å²) in [5, 5.41) is 0.729. The molecule has 0 bridgehead atoms. The molecule has 8 nitrogen and oxygen atoms in total. The molecule has 2 aromatic heterocycles. The van der Waals surface area contributed by atoms with E-state index in [0.29, 0.717) is 32.5 Å². The Morgan fingerprint density at radius 2 is 1.56 bits per heavy atom. The maximum Gasteiger partial charge on any atom is 0.351 e. The van der Waals surface area contributed by atoms with Gasteiger partial charge in [-0.3, -0.25) is 4.79 Å². The van der Waals surface area contributed by atoms with Gasteiger partial charge in [-0.15, -0.1) is 0 Å². The largest absolute Gasteiger partial charge is 0.493 e. The summed E-state index contributed by atoms with van der Waals surface area (Å²) in [7, 11) is 2.95. The normalized spacial score (nSPS) is 11.0. The number of hydrogen-bond acceptors (Lipinski definition) is 8. The molecule has 0 N–H and O–H groups in total. The van der Waals surface area contributed by atoms with Crippen molar-refractivity contribution in [3.05, 3.63) is 97.4 Å². The van der Waals surface area contributed by atoms with Crippen molar-refractivity contribution in [2.75, 3.05) is 14.2 Å². The lowest BCUT2D eigenvalue weighted by atomic mass is 10.1. The lowest BCUT2D eigenvalue weighted by Crippen LogP contribution is -2.22. The first-order valence-corrected chi connectivity index (χ1v) is 11.4. The Labute approximate surface area is 211 Å². The number of rotatable bonds is 5. The van der Waals surface area contributed by atoms with Crippen LogP contribution in [0.25, 0.3) is 33.3 Å². The van der Waals surface area contributed by atoms with Gasteiger partial charge in [0, 0.05) is 10.9 Å². The van der Waals surface area contributed by atoms with E-state index in [9.17, 15) is 14.4 Å². The summed E-state index contributed by atoms with van der Waals surface area (Å²) in [5.41, 5.74) is -0.861. The van der Waals surface area contributed by atoms with E-state index < -0.39 is 17.0 Å². The minimum atomic E-state index is -1.06. The van der Waals surface area contributed by atoms with Crippen LogP contribution in [0.15, 0.2) is 89.6 Å². The minimum absolute atomic E-state index is 0.0288. The fourth-order valence-corrected chi connectivity index (χ4v) is 4.41. The minimum Gasteiger partial charge on any atom is -0.493 e. The second-order valence-electron chi connectivity index (χ2n) is 7.65. The fourth-order valence-electron chi connectivity index (χ4n) is 3.81. The van der Waals surface area contributed by atoms with Gasteiger partial charge in [0.25, 0.3) is 0 Å². The number of hydrogen-bond donors (Lipinski definition) is 0. The number of esters is 1. The van der Waals surface area contributed by atoms with Crippen molar-refractivity contribution in [3.8, 4) is 28.6 Å². The first kappa shape index (κ1) is 23.4. The zero-order valence-corrected chi connectivity index (χ0v) is 20.6. The van der Waals surface area contributed by atoms with Crippen LogP contribution < -0.4 is 25.3 Å². The highest BCUT2D eigenvalue weighted by Crippen LogP contribution is 2.41. The quantitative estimate of drug-likeness (QED) is 0.207. The predicted octanol–water partition coefficient (Wildman–Crippen LogP) is 5.57. The van der Waals surface area contributed by atoms with Crippen LogP contribution in [-0.4, -0.2) is 20.2 Å². The van der Waals surface area contributed by atoms with E-state index in [1.807, 2.05) is 0 Å². The second kappa shape index (κ2) is 9.35. The average Bonchev–Trinajstić information content (AvgIpc) is 2.89. The van der Waals surface area contributed by atoms with E-state index >= 15 is 0 Å². The number of fused-ring (bicyclic) bond motifs is 2. The second-order valence-corrected chi connectivity index (χ2v) is 8.51. The first-order valence-electron chi connectivity index (χ1n) is 10.6. The summed E-state index contributed by atoms with van der Waals surface area (Å²) in [4.78, 5) is 39.1. The van der Waals surface area contributed by atoms with Crippen LogP contribution in [0.2, 0.25) is 0 Å². The maximum atomic E-state index is 13.4. The van der Waals surface area contributed by atoms with Gasteiger partial charge in [0.1, 0.15) is 16.7 Å². The van der Waals surface area contributed by atoms with E-state index in [1.165, 1.54) is 20.3 Å². The Morgan fingerprint density at radius 3 is 2.31 bits per heavy atom. The van der Waals surface area contributed by atoms with Crippen LogP contribution in [-0.2, 0) is 0 Å². The zero-order chi connectivity index (χ0) is 25.4. The van der Waals surface area contributed by atoms with Gasteiger partial charge in [0.05, 0.1) is 24.1 Å². The molecule has 0 fully saturated rings. The first-order chi connectivity index (χ1) is 17.4. The van der Waals surface area contributed by atoms with Crippen molar-refractivity contribution in [3.63, 3.8) is 0 Å². The molecule has 180 valence electrons. The Morgan fingerprint density at radius 1 is 0.833 bits per heavy atom. The highest BCUT2D eigenvalue weighted by Gasteiger charge is 2.25. The van der Waals surface area contributed by atoms with Gasteiger partial charge >= 0.3 is 11.6 Å². The summed E-state index contributed by atoms with van der Waals surface area (Å²) in [6.07, 6.45) is 0. The van der Waals surface area contributed by atoms with Crippen LogP contribution in [0, 0.1) is 0 Å². The van der Waals surface area contributed by atoms with Gasteiger partial charge in [0.2, 0.25) is 11.2 Å². The summed E-state index contributed by atoms with van der Waals surface area (Å²) in [5.74, 6) is -0.691. The van der Waals surface area contributed by atoms with Crippen LogP contribution in [0.3, 0.4) is 0 Å². The molecular weight excluding hydrogens is 532 g/mol. The van der Waals surface area contributed by atoms with Crippen molar-refractivity contribution in [1.29, 1.82) is 0 Å². The average molecular weight is 549 g/mol. The highest BCUT2D eigenvalue weighted by atomic mass is 79.9. The van der Waals surface area contributed by atoms with Crippen LogP contribution in [0.1, 0.15) is 10.4 Å².